The molecule has 11 nitrogen and oxygen atoms in total. The molecular weight excluding hydrogens is 460 g/mol. The van der Waals surface area contributed by atoms with Crippen LogP contribution in [0.3, 0.4) is 0 Å². The topological polar surface area (TPSA) is 142 Å². The minimum atomic E-state index is -1.06. The first kappa shape index (κ1) is 25.9. The van der Waals surface area contributed by atoms with E-state index in [1.54, 1.807) is 0 Å². The van der Waals surface area contributed by atoms with Crippen LogP contribution in [0.2, 0.25) is 0 Å². The third kappa shape index (κ3) is 5.18. The van der Waals surface area contributed by atoms with Crippen molar-refractivity contribution in [2.24, 2.45) is 23.7 Å². The smallest absolute Gasteiger partial charge is 0.434 e. The van der Waals surface area contributed by atoms with Gasteiger partial charge in [0.2, 0.25) is 5.91 Å². The number of β-lactam (4-membered cyclic amide) rings is 1. The second-order valence-corrected chi connectivity index (χ2v) is 9.36. The fourth-order valence-corrected chi connectivity index (χ4v) is 4.33. The molecule has 1 fully saturated rings. The van der Waals surface area contributed by atoms with Crippen molar-refractivity contribution in [2.45, 2.75) is 40.7 Å². The second kappa shape index (κ2) is 10.2. The molecular formula is C24H28N2O9. The maximum atomic E-state index is 13.1. The van der Waals surface area contributed by atoms with Crippen molar-refractivity contribution in [3.8, 4) is 0 Å². The van der Waals surface area contributed by atoms with Crippen LogP contribution in [-0.2, 0) is 23.8 Å². The third-order valence-corrected chi connectivity index (χ3v) is 6.09. The van der Waals surface area contributed by atoms with Gasteiger partial charge in [0.15, 0.2) is 0 Å². The summed E-state index contributed by atoms with van der Waals surface area (Å²) in [6.45, 7) is 9.21. The number of hydrogen-bond acceptors (Lipinski definition) is 9. The van der Waals surface area contributed by atoms with Gasteiger partial charge in [0.1, 0.15) is 12.3 Å². The number of carbonyl (C=O) groups is 4. The van der Waals surface area contributed by atoms with Gasteiger partial charge in [-0.05, 0) is 24.0 Å². The number of esters is 2. The molecule has 0 saturated carbocycles. The Kier molecular flexibility index (Phi) is 7.57. The van der Waals surface area contributed by atoms with E-state index >= 15 is 0 Å². The summed E-state index contributed by atoms with van der Waals surface area (Å²) in [4.78, 5) is 61.9. The molecule has 0 bridgehead atoms. The predicted molar refractivity (Wildman–Crippen MR) is 121 cm³/mol. The lowest BCUT2D eigenvalue weighted by Crippen LogP contribution is -2.62. The molecule has 0 aromatic heterocycles. The van der Waals surface area contributed by atoms with Crippen LogP contribution < -0.4 is 0 Å². The Morgan fingerprint density at radius 2 is 1.69 bits per heavy atom. The highest BCUT2D eigenvalue weighted by molar-refractivity contribution is 6.06. The Morgan fingerprint density at radius 3 is 2.23 bits per heavy atom. The van der Waals surface area contributed by atoms with Gasteiger partial charge >= 0.3 is 18.1 Å². The Hall–Kier alpha value is -3.76. The molecule has 1 amide bonds. The number of non-ortho nitro benzene ring substituents is 1. The van der Waals surface area contributed by atoms with E-state index in [0.717, 1.165) is 12.1 Å². The Morgan fingerprint density at radius 1 is 1.06 bits per heavy atom. The van der Waals surface area contributed by atoms with Gasteiger partial charge in [0.05, 0.1) is 29.1 Å². The zero-order valence-electron chi connectivity index (χ0n) is 20.2. The summed E-state index contributed by atoms with van der Waals surface area (Å²) in [5.74, 6) is -2.90. The number of benzene rings is 1. The van der Waals surface area contributed by atoms with E-state index in [2.05, 4.69) is 0 Å². The average molecular weight is 488 g/mol. The summed E-state index contributed by atoms with van der Waals surface area (Å²) in [7, 11) is 0. The SMILES string of the molecule is CC(C)COC(=O)OCC1=C(C(=O)OC(=O)c2ccc([N+](=O)[O-])cc2)N2C(=O)C(C(C)C)C2[C@H]1C. The Bertz CT molecular complexity index is 1070. The highest BCUT2D eigenvalue weighted by atomic mass is 16.7. The van der Waals surface area contributed by atoms with Gasteiger partial charge in [0, 0.05) is 23.6 Å². The zero-order chi connectivity index (χ0) is 26.0. The number of nitro benzene ring substituents is 1. The van der Waals surface area contributed by atoms with Crippen LogP contribution >= 0.6 is 0 Å². The summed E-state index contributed by atoms with van der Waals surface area (Å²) >= 11 is 0. The molecule has 1 aromatic rings. The van der Waals surface area contributed by atoms with E-state index in [-0.39, 0.29) is 65.8 Å². The number of fused-ring (bicyclic) bond motifs is 1. The van der Waals surface area contributed by atoms with Crippen molar-refractivity contribution in [1.29, 1.82) is 0 Å². The number of rotatable bonds is 8. The summed E-state index contributed by atoms with van der Waals surface area (Å²) in [6, 6.07) is 4.23. The lowest BCUT2D eigenvalue weighted by molar-refractivity contribution is -0.384. The molecule has 0 radical (unpaired) electrons. The molecule has 2 aliphatic rings. The second-order valence-electron chi connectivity index (χ2n) is 9.36. The summed E-state index contributed by atoms with van der Waals surface area (Å²) in [5.41, 5.74) is -0.0687. The van der Waals surface area contributed by atoms with Crippen molar-refractivity contribution in [3.63, 3.8) is 0 Å². The fourth-order valence-electron chi connectivity index (χ4n) is 4.33. The van der Waals surface area contributed by atoms with Crippen molar-refractivity contribution in [1.82, 2.24) is 4.90 Å². The van der Waals surface area contributed by atoms with Crippen molar-refractivity contribution in [2.75, 3.05) is 13.2 Å². The van der Waals surface area contributed by atoms with Gasteiger partial charge in [0.25, 0.3) is 5.69 Å². The van der Waals surface area contributed by atoms with Gasteiger partial charge < -0.3 is 19.1 Å². The molecule has 11 heteroatoms. The Labute approximate surface area is 202 Å². The van der Waals surface area contributed by atoms with Gasteiger partial charge in [-0.3, -0.25) is 14.9 Å². The number of amides is 1. The zero-order valence-corrected chi connectivity index (χ0v) is 20.2. The quantitative estimate of drug-likeness (QED) is 0.177. The van der Waals surface area contributed by atoms with Crippen molar-refractivity contribution < 1.29 is 38.3 Å². The van der Waals surface area contributed by atoms with E-state index in [9.17, 15) is 29.3 Å². The van der Waals surface area contributed by atoms with Crippen LogP contribution in [0.15, 0.2) is 35.5 Å². The van der Waals surface area contributed by atoms with Crippen LogP contribution in [0, 0.1) is 33.8 Å². The predicted octanol–water partition coefficient (Wildman–Crippen LogP) is 3.47. The number of nitrogens with zero attached hydrogens (tertiary/aromatic N) is 2. The molecule has 1 aromatic carbocycles. The molecule has 188 valence electrons. The largest absolute Gasteiger partial charge is 0.508 e. The summed E-state index contributed by atoms with van der Waals surface area (Å²) in [6.07, 6.45) is -0.908. The van der Waals surface area contributed by atoms with Gasteiger partial charge in [-0.25, -0.2) is 14.4 Å². The van der Waals surface area contributed by atoms with E-state index in [0.29, 0.717) is 5.57 Å². The molecule has 0 aliphatic carbocycles. The van der Waals surface area contributed by atoms with Crippen LogP contribution in [0.5, 0.6) is 0 Å². The molecule has 3 atom stereocenters. The summed E-state index contributed by atoms with van der Waals surface area (Å²) < 4.78 is 15.2. The monoisotopic (exact) mass is 488 g/mol. The number of nitro groups is 1. The van der Waals surface area contributed by atoms with E-state index in [1.165, 1.54) is 17.0 Å². The van der Waals surface area contributed by atoms with E-state index in [1.807, 2.05) is 34.6 Å². The number of ether oxygens (including phenoxy) is 3. The molecule has 35 heavy (non-hydrogen) atoms. The normalized spacial score (nSPS) is 21.1. The standard InChI is InChI=1S/C24H28N2O9/c1-12(2)10-33-24(30)34-11-17-14(5)19-18(13(3)4)21(27)25(19)20(17)23(29)35-22(28)15-6-8-16(9-7-15)26(31)32/h6-9,12-14,18-19H,10-11H2,1-5H3/t14-,18?,19?/m0/s1. The molecule has 0 spiro atoms. The first-order chi connectivity index (χ1) is 16.4. The van der Waals surface area contributed by atoms with Gasteiger partial charge in [-0.2, -0.15) is 0 Å². The maximum Gasteiger partial charge on any atom is 0.508 e. The molecule has 3 rings (SSSR count). The first-order valence-electron chi connectivity index (χ1n) is 11.3. The fraction of sp³-hybridized carbons (Fsp3) is 0.500. The molecule has 2 aliphatic heterocycles. The minimum absolute atomic E-state index is 0.0153. The van der Waals surface area contributed by atoms with E-state index in [4.69, 9.17) is 14.2 Å². The van der Waals surface area contributed by atoms with Gasteiger partial charge in [-0.1, -0.05) is 34.6 Å². The van der Waals surface area contributed by atoms with Crippen LogP contribution in [0.1, 0.15) is 45.0 Å². The van der Waals surface area contributed by atoms with Crippen LogP contribution in [0.25, 0.3) is 0 Å². The van der Waals surface area contributed by atoms with Crippen molar-refractivity contribution >= 4 is 29.7 Å². The first-order valence-corrected chi connectivity index (χ1v) is 11.3. The highest BCUT2D eigenvalue weighted by Gasteiger charge is 2.59. The average Bonchev–Trinajstić information content (AvgIpc) is 3.03. The third-order valence-electron chi connectivity index (χ3n) is 6.09. The minimum Gasteiger partial charge on any atom is -0.434 e. The molecule has 2 heterocycles. The van der Waals surface area contributed by atoms with E-state index < -0.39 is 23.0 Å². The molecule has 1 saturated heterocycles. The number of carbonyl (C=O) groups excluding carboxylic acids is 4. The summed E-state index contributed by atoms with van der Waals surface area (Å²) in [5, 5.41) is 10.8. The van der Waals surface area contributed by atoms with Crippen LogP contribution in [0.4, 0.5) is 10.5 Å². The van der Waals surface area contributed by atoms with Gasteiger partial charge in [-0.15, -0.1) is 0 Å². The van der Waals surface area contributed by atoms with Crippen LogP contribution in [-0.4, -0.2) is 53.1 Å². The number of hydrogen-bond donors (Lipinski definition) is 0. The van der Waals surface area contributed by atoms with Crippen molar-refractivity contribution in [3.05, 3.63) is 51.2 Å². The lowest BCUT2D eigenvalue weighted by atomic mass is 9.74. The molecule has 2 unspecified atom stereocenters. The molecule has 0 N–H and O–H groups in total. The highest BCUT2D eigenvalue weighted by Crippen LogP contribution is 2.48. The lowest BCUT2D eigenvalue weighted by Gasteiger charge is -2.47. The Balaban J connectivity index is 1.82. The maximum absolute atomic E-state index is 13.1.